The Morgan fingerprint density at radius 2 is 1.79 bits per heavy atom. The van der Waals surface area contributed by atoms with Gasteiger partial charge in [0.1, 0.15) is 5.25 Å². The van der Waals surface area contributed by atoms with Crippen molar-refractivity contribution in [1.29, 1.82) is 0 Å². The van der Waals surface area contributed by atoms with Gasteiger partial charge in [-0.2, -0.15) is 13.2 Å². The van der Waals surface area contributed by atoms with Crippen molar-refractivity contribution in [2.75, 3.05) is 12.4 Å². The molecule has 3 aromatic rings. The molecule has 2 amide bonds. The number of halogens is 4. The SMILES string of the molecule is COC(=O)c1ccc(NC(=O)C2CC(=O)N(Cc3ccc(Cl)cc3)C(=Nc3cccc(C(F)(F)F)c3)S2)cc1. The summed E-state index contributed by atoms with van der Waals surface area (Å²) in [5, 5.41) is 2.39. The molecule has 1 atom stereocenters. The number of esters is 1. The second-order valence-corrected chi connectivity index (χ2v) is 10.0. The molecule has 202 valence electrons. The molecule has 39 heavy (non-hydrogen) atoms. The standard InChI is InChI=1S/C27H21ClF3N3O4S/c1-38-25(37)17-7-11-20(12-8-17)32-24(36)22-14-23(35)34(15-16-5-9-19(28)10-6-16)26(39-22)33-21-4-2-3-18(13-21)27(29,30)31/h2-13,22H,14-15H2,1H3,(H,32,36). The highest BCUT2D eigenvalue weighted by Crippen LogP contribution is 2.34. The van der Waals surface area contributed by atoms with Crippen LogP contribution in [-0.2, 0) is 27.0 Å². The molecule has 12 heteroatoms. The Morgan fingerprint density at radius 3 is 2.44 bits per heavy atom. The topological polar surface area (TPSA) is 88.1 Å². The first-order valence-electron chi connectivity index (χ1n) is 11.5. The van der Waals surface area contributed by atoms with Gasteiger partial charge in [-0.1, -0.05) is 41.6 Å². The lowest BCUT2D eigenvalue weighted by Crippen LogP contribution is -2.44. The summed E-state index contributed by atoms with van der Waals surface area (Å²) in [5.41, 5.74) is 0.511. The number of nitrogens with zero attached hydrogens (tertiary/aromatic N) is 2. The van der Waals surface area contributed by atoms with E-state index in [1.165, 1.54) is 48.4 Å². The van der Waals surface area contributed by atoms with Crippen molar-refractivity contribution in [2.45, 2.75) is 24.4 Å². The van der Waals surface area contributed by atoms with Crippen molar-refractivity contribution < 1.29 is 32.3 Å². The number of anilines is 1. The number of hydrogen-bond donors (Lipinski definition) is 1. The summed E-state index contributed by atoms with van der Waals surface area (Å²) in [7, 11) is 1.25. The molecule has 0 saturated carbocycles. The molecular formula is C27H21ClF3N3O4S. The van der Waals surface area contributed by atoms with Crippen molar-refractivity contribution in [1.82, 2.24) is 4.90 Å². The third kappa shape index (κ3) is 7.18. The molecule has 3 aromatic carbocycles. The van der Waals surface area contributed by atoms with Crippen molar-refractivity contribution in [3.8, 4) is 0 Å². The number of amidine groups is 1. The number of carbonyl (C=O) groups excluding carboxylic acids is 3. The highest BCUT2D eigenvalue weighted by molar-refractivity contribution is 8.15. The summed E-state index contributed by atoms with van der Waals surface area (Å²) in [4.78, 5) is 43.6. The zero-order chi connectivity index (χ0) is 28.2. The number of alkyl halides is 3. The Morgan fingerprint density at radius 1 is 1.10 bits per heavy atom. The fourth-order valence-corrected chi connectivity index (χ4v) is 4.89. The average molecular weight is 576 g/mol. The zero-order valence-corrected chi connectivity index (χ0v) is 21.9. The van der Waals surface area contributed by atoms with Gasteiger partial charge in [0.05, 0.1) is 30.5 Å². The number of thioether (sulfide) groups is 1. The molecule has 4 rings (SSSR count). The summed E-state index contributed by atoms with van der Waals surface area (Å²) in [6.07, 6.45) is -4.73. The van der Waals surface area contributed by atoms with E-state index in [9.17, 15) is 27.6 Å². The van der Waals surface area contributed by atoms with Crippen LogP contribution in [0.25, 0.3) is 0 Å². The predicted molar refractivity (Wildman–Crippen MR) is 143 cm³/mol. The molecule has 1 aliphatic heterocycles. The van der Waals surface area contributed by atoms with E-state index in [0.717, 1.165) is 29.5 Å². The molecule has 1 unspecified atom stereocenters. The van der Waals surface area contributed by atoms with Crippen molar-refractivity contribution in [2.24, 2.45) is 4.99 Å². The zero-order valence-electron chi connectivity index (χ0n) is 20.4. The van der Waals surface area contributed by atoms with E-state index in [1.807, 2.05) is 0 Å². The van der Waals surface area contributed by atoms with Gasteiger partial charge in [-0.3, -0.25) is 14.5 Å². The molecule has 1 saturated heterocycles. The third-order valence-electron chi connectivity index (χ3n) is 5.66. The number of nitrogens with one attached hydrogen (secondary N) is 1. The Hall–Kier alpha value is -3.83. The molecule has 1 N–H and O–H groups in total. The summed E-state index contributed by atoms with van der Waals surface area (Å²) >= 11 is 6.93. The van der Waals surface area contributed by atoms with Gasteiger partial charge in [0.25, 0.3) is 0 Å². The number of amides is 2. The summed E-state index contributed by atoms with van der Waals surface area (Å²) < 4.78 is 44.4. The Bertz CT molecular complexity index is 1410. The monoisotopic (exact) mass is 575 g/mol. The van der Waals surface area contributed by atoms with Crippen LogP contribution in [0.3, 0.4) is 0 Å². The Labute approximate surface area is 231 Å². The summed E-state index contributed by atoms with van der Waals surface area (Å²) in [6.45, 7) is 0.0874. The molecule has 0 bridgehead atoms. The van der Waals surface area contributed by atoms with Gasteiger partial charge in [-0.15, -0.1) is 0 Å². The molecule has 1 fully saturated rings. The first-order valence-corrected chi connectivity index (χ1v) is 12.8. The molecule has 7 nitrogen and oxygen atoms in total. The molecular weight excluding hydrogens is 555 g/mol. The van der Waals surface area contributed by atoms with Crippen LogP contribution in [0.15, 0.2) is 77.8 Å². The van der Waals surface area contributed by atoms with Gasteiger partial charge in [-0.05, 0) is 60.2 Å². The number of carbonyl (C=O) groups is 3. The molecule has 1 aliphatic rings. The molecule has 0 aliphatic carbocycles. The van der Waals surface area contributed by atoms with Gasteiger partial charge in [0.15, 0.2) is 5.17 Å². The summed E-state index contributed by atoms with van der Waals surface area (Å²) in [6, 6.07) is 17.2. The molecule has 0 aromatic heterocycles. The number of aliphatic imine (C=N–C) groups is 1. The largest absolute Gasteiger partial charge is 0.465 e. The van der Waals surface area contributed by atoms with Crippen LogP contribution >= 0.6 is 23.4 Å². The third-order valence-corrected chi connectivity index (χ3v) is 7.10. The van der Waals surface area contributed by atoms with Crippen LogP contribution in [0.4, 0.5) is 24.5 Å². The van der Waals surface area contributed by atoms with E-state index in [-0.39, 0.29) is 23.8 Å². The first-order chi connectivity index (χ1) is 18.5. The van der Waals surface area contributed by atoms with E-state index in [4.69, 9.17) is 11.6 Å². The van der Waals surface area contributed by atoms with Gasteiger partial charge in [0.2, 0.25) is 11.8 Å². The number of methoxy groups -OCH3 is 1. The second kappa shape index (κ2) is 11.9. The first kappa shape index (κ1) is 28.2. The fourth-order valence-electron chi connectivity index (χ4n) is 3.66. The number of ether oxygens (including phenoxy) is 1. The quantitative estimate of drug-likeness (QED) is 0.348. The maximum Gasteiger partial charge on any atom is 0.416 e. The van der Waals surface area contributed by atoms with Gasteiger partial charge in [-0.25, -0.2) is 9.79 Å². The summed E-state index contributed by atoms with van der Waals surface area (Å²) in [5.74, 6) is -1.45. The lowest BCUT2D eigenvalue weighted by atomic mass is 10.1. The lowest BCUT2D eigenvalue weighted by Gasteiger charge is -2.32. The highest BCUT2D eigenvalue weighted by Gasteiger charge is 2.36. The number of benzene rings is 3. The van der Waals surface area contributed by atoms with Gasteiger partial charge >= 0.3 is 12.1 Å². The molecule has 1 heterocycles. The second-order valence-electron chi connectivity index (χ2n) is 8.42. The van der Waals surface area contributed by atoms with Crippen molar-refractivity contribution >= 4 is 57.7 Å². The number of hydrogen-bond acceptors (Lipinski definition) is 6. The van der Waals surface area contributed by atoms with Crippen molar-refractivity contribution in [3.63, 3.8) is 0 Å². The average Bonchev–Trinajstić information content (AvgIpc) is 2.91. The highest BCUT2D eigenvalue weighted by atomic mass is 35.5. The van der Waals surface area contributed by atoms with E-state index < -0.39 is 34.8 Å². The maximum absolute atomic E-state index is 13.3. The van der Waals surface area contributed by atoms with Crippen LogP contribution < -0.4 is 5.32 Å². The lowest BCUT2D eigenvalue weighted by molar-refractivity contribution is -0.137. The Balaban J connectivity index is 1.60. The van der Waals surface area contributed by atoms with E-state index >= 15 is 0 Å². The van der Waals surface area contributed by atoms with Gasteiger partial charge in [0, 0.05) is 17.1 Å². The molecule has 0 spiro atoms. The minimum absolute atomic E-state index is 0.0133. The van der Waals surface area contributed by atoms with Crippen LogP contribution in [0.5, 0.6) is 0 Å². The fraction of sp³-hybridized carbons (Fsp3) is 0.185. The smallest absolute Gasteiger partial charge is 0.416 e. The Kier molecular flexibility index (Phi) is 8.61. The normalized spacial score (nSPS) is 16.7. The van der Waals surface area contributed by atoms with Crippen LogP contribution in [-0.4, -0.2) is 40.2 Å². The van der Waals surface area contributed by atoms with E-state index in [1.54, 1.807) is 24.3 Å². The van der Waals surface area contributed by atoms with Gasteiger partial charge < -0.3 is 10.1 Å². The number of rotatable bonds is 6. The van der Waals surface area contributed by atoms with Crippen LogP contribution in [0.2, 0.25) is 5.02 Å². The van der Waals surface area contributed by atoms with Crippen molar-refractivity contribution in [3.05, 3.63) is 94.5 Å². The van der Waals surface area contributed by atoms with Crippen LogP contribution in [0.1, 0.15) is 27.9 Å². The van der Waals surface area contributed by atoms with E-state index in [2.05, 4.69) is 15.0 Å². The van der Waals surface area contributed by atoms with E-state index in [0.29, 0.717) is 16.3 Å². The minimum Gasteiger partial charge on any atom is -0.465 e. The predicted octanol–water partition coefficient (Wildman–Crippen LogP) is 6.31. The van der Waals surface area contributed by atoms with Crippen LogP contribution in [0, 0.1) is 0 Å². The minimum atomic E-state index is -4.57. The molecule has 0 radical (unpaired) electrons. The maximum atomic E-state index is 13.3.